The molecule has 1 aromatic rings. The second-order valence-corrected chi connectivity index (χ2v) is 5.26. The van der Waals surface area contributed by atoms with Crippen LogP contribution in [-0.2, 0) is 12.8 Å². The van der Waals surface area contributed by atoms with E-state index in [9.17, 15) is 0 Å². The molecule has 1 atom stereocenters. The highest BCUT2D eigenvalue weighted by Crippen LogP contribution is 2.35. The van der Waals surface area contributed by atoms with Crippen molar-refractivity contribution in [2.24, 2.45) is 5.92 Å². The molecule has 0 fully saturated rings. The first-order valence-electron chi connectivity index (χ1n) is 6.55. The van der Waals surface area contributed by atoms with Crippen molar-refractivity contribution in [3.05, 3.63) is 23.3 Å². The van der Waals surface area contributed by atoms with Crippen LogP contribution in [-0.4, -0.2) is 12.7 Å². The van der Waals surface area contributed by atoms with Crippen molar-refractivity contribution in [3.8, 4) is 11.5 Å². The van der Waals surface area contributed by atoms with Gasteiger partial charge in [0.05, 0.1) is 6.61 Å². The first-order valence-corrected chi connectivity index (χ1v) is 6.55. The van der Waals surface area contributed by atoms with Gasteiger partial charge in [0, 0.05) is 12.5 Å². The Hall–Kier alpha value is -1.18. The zero-order valence-electron chi connectivity index (χ0n) is 11.2. The van der Waals surface area contributed by atoms with Gasteiger partial charge in [-0.1, -0.05) is 20.8 Å². The molecule has 1 aliphatic rings. The quantitative estimate of drug-likeness (QED) is 0.792. The zero-order chi connectivity index (χ0) is 12.4. The molecule has 0 spiro atoms. The summed E-state index contributed by atoms with van der Waals surface area (Å²) >= 11 is 0. The molecule has 0 radical (unpaired) electrons. The van der Waals surface area contributed by atoms with Gasteiger partial charge < -0.3 is 9.47 Å². The molecular formula is C15H22O2. The molecule has 0 bridgehead atoms. The molecule has 0 aromatic heterocycles. The van der Waals surface area contributed by atoms with Gasteiger partial charge in [0.2, 0.25) is 0 Å². The van der Waals surface area contributed by atoms with Crippen molar-refractivity contribution in [1.29, 1.82) is 0 Å². The van der Waals surface area contributed by atoms with Crippen LogP contribution in [0.3, 0.4) is 0 Å². The van der Waals surface area contributed by atoms with Crippen LogP contribution >= 0.6 is 0 Å². The first kappa shape index (κ1) is 12.3. The van der Waals surface area contributed by atoms with Crippen LogP contribution in [0, 0.1) is 5.92 Å². The SMILES string of the molecule is CCc1cc2c(cc1OCC(C)C)OC(C)C2. The van der Waals surface area contributed by atoms with Crippen LogP contribution < -0.4 is 9.47 Å². The van der Waals surface area contributed by atoms with Crippen molar-refractivity contribution < 1.29 is 9.47 Å². The fraction of sp³-hybridized carbons (Fsp3) is 0.600. The minimum Gasteiger partial charge on any atom is -0.493 e. The van der Waals surface area contributed by atoms with Gasteiger partial charge in [-0.05, 0) is 36.5 Å². The third-order valence-electron chi connectivity index (χ3n) is 3.03. The van der Waals surface area contributed by atoms with Crippen LogP contribution in [0.1, 0.15) is 38.8 Å². The summed E-state index contributed by atoms with van der Waals surface area (Å²) in [4.78, 5) is 0. The van der Waals surface area contributed by atoms with E-state index in [4.69, 9.17) is 9.47 Å². The lowest BCUT2D eigenvalue weighted by Crippen LogP contribution is -2.06. The fourth-order valence-electron chi connectivity index (χ4n) is 2.16. The normalized spacial score (nSPS) is 18.1. The standard InChI is InChI=1S/C15H22O2/c1-5-12-7-13-6-11(4)17-15(13)8-14(12)16-9-10(2)3/h7-8,10-11H,5-6,9H2,1-4H3. The molecule has 1 heterocycles. The van der Waals surface area contributed by atoms with Crippen molar-refractivity contribution in [1.82, 2.24) is 0 Å². The molecule has 1 unspecified atom stereocenters. The molecule has 0 saturated carbocycles. The zero-order valence-corrected chi connectivity index (χ0v) is 11.2. The third kappa shape index (κ3) is 2.74. The number of hydrogen-bond donors (Lipinski definition) is 0. The Labute approximate surface area is 104 Å². The molecule has 1 aliphatic heterocycles. The van der Waals surface area contributed by atoms with Crippen LogP contribution in [0.4, 0.5) is 0 Å². The lowest BCUT2D eigenvalue weighted by atomic mass is 10.0. The molecule has 0 saturated heterocycles. The Morgan fingerprint density at radius 2 is 2.18 bits per heavy atom. The van der Waals surface area contributed by atoms with Crippen molar-refractivity contribution in [2.45, 2.75) is 46.6 Å². The average molecular weight is 234 g/mol. The fourth-order valence-corrected chi connectivity index (χ4v) is 2.16. The van der Waals surface area contributed by atoms with Crippen LogP contribution in [0.2, 0.25) is 0 Å². The number of ether oxygens (including phenoxy) is 2. The number of benzene rings is 1. The molecule has 17 heavy (non-hydrogen) atoms. The molecule has 2 rings (SSSR count). The number of aryl methyl sites for hydroxylation is 1. The van der Waals surface area contributed by atoms with Crippen molar-refractivity contribution in [3.63, 3.8) is 0 Å². The summed E-state index contributed by atoms with van der Waals surface area (Å²) in [7, 11) is 0. The summed E-state index contributed by atoms with van der Waals surface area (Å²) in [5.74, 6) is 2.55. The summed E-state index contributed by atoms with van der Waals surface area (Å²) in [5.41, 5.74) is 2.62. The highest BCUT2D eigenvalue weighted by atomic mass is 16.5. The monoisotopic (exact) mass is 234 g/mol. The molecular weight excluding hydrogens is 212 g/mol. The second-order valence-electron chi connectivity index (χ2n) is 5.26. The predicted octanol–water partition coefficient (Wildman–Crippen LogP) is 3.61. The Morgan fingerprint density at radius 3 is 2.82 bits per heavy atom. The van der Waals surface area contributed by atoms with E-state index in [1.54, 1.807) is 0 Å². The van der Waals surface area contributed by atoms with Gasteiger partial charge in [0.15, 0.2) is 0 Å². The Bertz CT molecular complexity index is 396. The van der Waals surface area contributed by atoms with E-state index in [0.29, 0.717) is 12.0 Å². The van der Waals surface area contributed by atoms with Gasteiger partial charge in [-0.15, -0.1) is 0 Å². The summed E-state index contributed by atoms with van der Waals surface area (Å²) in [6.07, 6.45) is 2.33. The van der Waals surface area contributed by atoms with Crippen molar-refractivity contribution >= 4 is 0 Å². The Kier molecular flexibility index (Phi) is 3.60. The van der Waals surface area contributed by atoms with Gasteiger partial charge in [-0.2, -0.15) is 0 Å². The first-order chi connectivity index (χ1) is 8.10. The van der Waals surface area contributed by atoms with Crippen LogP contribution in [0.15, 0.2) is 12.1 Å². The van der Waals surface area contributed by atoms with Gasteiger partial charge in [0.1, 0.15) is 17.6 Å². The number of rotatable bonds is 4. The molecule has 2 nitrogen and oxygen atoms in total. The number of fused-ring (bicyclic) bond motifs is 1. The molecule has 0 N–H and O–H groups in total. The minimum atomic E-state index is 0.301. The van der Waals surface area contributed by atoms with E-state index in [2.05, 4.69) is 39.8 Å². The van der Waals surface area contributed by atoms with E-state index in [1.165, 1.54) is 11.1 Å². The maximum absolute atomic E-state index is 5.87. The maximum atomic E-state index is 5.87. The van der Waals surface area contributed by atoms with E-state index < -0.39 is 0 Å². The highest BCUT2D eigenvalue weighted by Gasteiger charge is 2.21. The molecule has 2 heteroatoms. The molecule has 94 valence electrons. The van der Waals surface area contributed by atoms with Crippen LogP contribution in [0.25, 0.3) is 0 Å². The lowest BCUT2D eigenvalue weighted by Gasteiger charge is -2.14. The van der Waals surface area contributed by atoms with Gasteiger partial charge in [0.25, 0.3) is 0 Å². The van der Waals surface area contributed by atoms with Gasteiger partial charge in [-0.3, -0.25) is 0 Å². The Balaban J connectivity index is 2.23. The third-order valence-corrected chi connectivity index (χ3v) is 3.03. The van der Waals surface area contributed by atoms with E-state index in [0.717, 1.165) is 30.9 Å². The summed E-state index contributed by atoms with van der Waals surface area (Å²) < 4.78 is 11.6. The lowest BCUT2D eigenvalue weighted by molar-refractivity contribution is 0.248. The largest absolute Gasteiger partial charge is 0.493 e. The maximum Gasteiger partial charge on any atom is 0.126 e. The highest BCUT2D eigenvalue weighted by molar-refractivity contribution is 5.48. The average Bonchev–Trinajstić information content (AvgIpc) is 2.63. The second kappa shape index (κ2) is 4.99. The molecule has 1 aromatic carbocycles. The Morgan fingerprint density at radius 1 is 1.41 bits per heavy atom. The molecule has 0 aliphatic carbocycles. The van der Waals surface area contributed by atoms with E-state index in [1.807, 2.05) is 0 Å². The van der Waals surface area contributed by atoms with Crippen molar-refractivity contribution in [2.75, 3.05) is 6.61 Å². The van der Waals surface area contributed by atoms with Crippen LogP contribution in [0.5, 0.6) is 11.5 Å². The predicted molar refractivity (Wildman–Crippen MR) is 69.9 cm³/mol. The smallest absolute Gasteiger partial charge is 0.126 e. The van der Waals surface area contributed by atoms with E-state index in [-0.39, 0.29) is 0 Å². The summed E-state index contributed by atoms with van der Waals surface area (Å²) in [6, 6.07) is 4.31. The minimum absolute atomic E-state index is 0.301. The van der Waals surface area contributed by atoms with Gasteiger partial charge >= 0.3 is 0 Å². The van der Waals surface area contributed by atoms with E-state index >= 15 is 0 Å². The topological polar surface area (TPSA) is 18.5 Å². The van der Waals surface area contributed by atoms with Gasteiger partial charge in [-0.25, -0.2) is 0 Å². The summed E-state index contributed by atoms with van der Waals surface area (Å²) in [6.45, 7) is 9.37. The summed E-state index contributed by atoms with van der Waals surface area (Å²) in [5, 5.41) is 0. The molecule has 0 amide bonds. The number of hydrogen-bond acceptors (Lipinski definition) is 2.